The molecule has 1 atom stereocenters. The predicted octanol–water partition coefficient (Wildman–Crippen LogP) is -0.708. The topological polar surface area (TPSA) is 70.5 Å². The van der Waals surface area contributed by atoms with Crippen LogP contribution in [0.3, 0.4) is 0 Å². The van der Waals surface area contributed by atoms with Crippen molar-refractivity contribution in [2.45, 2.75) is 38.9 Å². The van der Waals surface area contributed by atoms with E-state index in [-0.39, 0.29) is 17.8 Å². The van der Waals surface area contributed by atoms with Crippen molar-refractivity contribution in [1.82, 2.24) is 24.9 Å². The molecule has 168 valence electrons. The number of hydrogen-bond acceptors (Lipinski definition) is 4. The van der Waals surface area contributed by atoms with Gasteiger partial charge in [-0.1, -0.05) is 41.8 Å². The molecule has 1 aromatic heterocycles. The summed E-state index contributed by atoms with van der Waals surface area (Å²) in [5.74, 6) is 0. The number of allylic oxidation sites excluding steroid dienone is 1. The molecule has 3 rings (SSSR count). The molecule has 1 aliphatic heterocycles. The molecule has 0 spiro atoms. The molecular weight excluding hydrogens is 400 g/mol. The molecule has 0 bridgehead atoms. The summed E-state index contributed by atoms with van der Waals surface area (Å²) < 4.78 is 1.91. The number of carbonyl (C=O) groups is 2. The SMILES string of the molecule is C=CC(=O)Bc1ccc(Bc2nn(C)c3c2CN(C(=O)NC(C)CN(C)C)C3(C)C)cc1. The van der Waals surface area contributed by atoms with Crippen molar-refractivity contribution in [3.8, 4) is 0 Å². The van der Waals surface area contributed by atoms with Crippen molar-refractivity contribution in [1.29, 1.82) is 0 Å². The molecular formula is C23H33B2N5O2. The van der Waals surface area contributed by atoms with Gasteiger partial charge in [-0.2, -0.15) is 5.10 Å². The van der Waals surface area contributed by atoms with E-state index >= 15 is 0 Å². The van der Waals surface area contributed by atoms with Gasteiger partial charge in [0, 0.05) is 30.8 Å². The molecule has 0 saturated heterocycles. The maximum atomic E-state index is 13.1. The molecule has 0 saturated carbocycles. The number of urea groups is 1. The smallest absolute Gasteiger partial charge is 0.318 e. The molecule has 0 fully saturated rings. The van der Waals surface area contributed by atoms with Gasteiger partial charge in [-0.15, -0.1) is 0 Å². The van der Waals surface area contributed by atoms with Gasteiger partial charge >= 0.3 is 6.03 Å². The van der Waals surface area contributed by atoms with Gasteiger partial charge in [0.05, 0.1) is 17.8 Å². The Morgan fingerprint density at radius 1 is 1.28 bits per heavy atom. The van der Waals surface area contributed by atoms with Crippen LogP contribution in [0.15, 0.2) is 36.9 Å². The third-order valence-corrected chi connectivity index (χ3v) is 6.05. The Balaban J connectivity index is 1.77. The number of carbonyl (C=O) groups excluding carboxylic acids is 2. The predicted molar refractivity (Wildman–Crippen MR) is 133 cm³/mol. The van der Waals surface area contributed by atoms with E-state index in [1.165, 1.54) is 6.08 Å². The van der Waals surface area contributed by atoms with Crippen LogP contribution in [-0.2, 0) is 23.9 Å². The number of hydrogen-bond donors (Lipinski definition) is 1. The Morgan fingerprint density at radius 3 is 2.50 bits per heavy atom. The van der Waals surface area contributed by atoms with Crippen LogP contribution in [0, 0.1) is 0 Å². The third-order valence-electron chi connectivity index (χ3n) is 6.05. The maximum Gasteiger partial charge on any atom is 0.318 e. The van der Waals surface area contributed by atoms with Gasteiger partial charge in [0.25, 0.3) is 0 Å². The highest BCUT2D eigenvalue weighted by Crippen LogP contribution is 2.37. The lowest BCUT2D eigenvalue weighted by molar-refractivity contribution is -0.107. The molecule has 0 radical (unpaired) electrons. The first-order valence-electron chi connectivity index (χ1n) is 11.0. The summed E-state index contributed by atoms with van der Waals surface area (Å²) in [6, 6.07) is 8.05. The normalized spacial score (nSPS) is 15.3. The van der Waals surface area contributed by atoms with Crippen molar-refractivity contribution in [2.75, 3.05) is 20.6 Å². The summed E-state index contributed by atoms with van der Waals surface area (Å²) in [6.45, 7) is 11.0. The monoisotopic (exact) mass is 433 g/mol. The van der Waals surface area contributed by atoms with Gasteiger partial charge in [-0.05, 0) is 40.9 Å². The number of likely N-dealkylation sites (N-methyl/N-ethyl adjacent to an activating group) is 1. The first-order valence-corrected chi connectivity index (χ1v) is 11.0. The first-order chi connectivity index (χ1) is 15.0. The van der Waals surface area contributed by atoms with Crippen LogP contribution >= 0.6 is 0 Å². The van der Waals surface area contributed by atoms with E-state index in [9.17, 15) is 9.59 Å². The molecule has 1 unspecified atom stereocenters. The van der Waals surface area contributed by atoms with Gasteiger partial charge in [0.1, 0.15) is 5.68 Å². The van der Waals surface area contributed by atoms with Crippen molar-refractivity contribution in [3.63, 3.8) is 0 Å². The van der Waals surface area contributed by atoms with Crippen molar-refractivity contribution < 1.29 is 9.59 Å². The molecule has 7 nitrogen and oxygen atoms in total. The molecule has 2 heterocycles. The fraction of sp³-hybridized carbons (Fsp3) is 0.435. The van der Waals surface area contributed by atoms with E-state index < -0.39 is 5.54 Å². The highest BCUT2D eigenvalue weighted by Gasteiger charge is 2.44. The van der Waals surface area contributed by atoms with Gasteiger partial charge < -0.3 is 19.9 Å². The summed E-state index contributed by atoms with van der Waals surface area (Å²) in [4.78, 5) is 28.6. The van der Waals surface area contributed by atoms with Crippen molar-refractivity contribution in [3.05, 3.63) is 48.2 Å². The van der Waals surface area contributed by atoms with Crippen LogP contribution in [0.25, 0.3) is 0 Å². The quantitative estimate of drug-likeness (QED) is 0.442. The Bertz CT molecular complexity index is 1010. The standard InChI is InChI=1S/C23H33B2N5O2/c1-8-19(31)24-16-9-11-17(12-10-16)25-21-18-14-30(22(32)26-15(2)13-28(5)6)23(3,4)20(18)29(7)27-21/h8-12,15,24-25H,1,13-14H2,2-7H3,(H,26,32). The van der Waals surface area contributed by atoms with E-state index in [1.54, 1.807) is 0 Å². The van der Waals surface area contributed by atoms with Gasteiger partial charge in [0.15, 0.2) is 0 Å². The fourth-order valence-corrected chi connectivity index (χ4v) is 4.63. The number of nitrogens with zero attached hydrogens (tertiary/aromatic N) is 4. The molecule has 2 amide bonds. The average Bonchev–Trinajstić information content (AvgIpc) is 3.17. The van der Waals surface area contributed by atoms with Crippen molar-refractivity contribution >= 4 is 42.8 Å². The highest BCUT2D eigenvalue weighted by molar-refractivity contribution is 6.86. The second-order valence-corrected chi connectivity index (χ2v) is 9.50. The van der Waals surface area contributed by atoms with Crippen LogP contribution in [0.1, 0.15) is 32.0 Å². The molecule has 0 aliphatic carbocycles. The second-order valence-electron chi connectivity index (χ2n) is 9.50. The van der Waals surface area contributed by atoms with Crippen LogP contribution in [-0.4, -0.2) is 72.5 Å². The minimum absolute atomic E-state index is 0.0146. The second kappa shape index (κ2) is 9.36. The van der Waals surface area contributed by atoms with E-state index in [4.69, 9.17) is 5.10 Å². The Labute approximate surface area is 192 Å². The fourth-order valence-electron chi connectivity index (χ4n) is 4.63. The number of aryl methyl sites for hydroxylation is 1. The van der Waals surface area contributed by atoms with Gasteiger partial charge in [-0.3, -0.25) is 4.68 Å². The molecule has 1 aliphatic rings. The van der Waals surface area contributed by atoms with Gasteiger partial charge in [-0.25, -0.2) is 4.79 Å². The number of fused-ring (bicyclic) bond motifs is 1. The zero-order valence-corrected chi connectivity index (χ0v) is 20.1. The number of aromatic nitrogens is 2. The maximum absolute atomic E-state index is 13.1. The Kier molecular flexibility index (Phi) is 6.98. The summed E-state index contributed by atoms with van der Waals surface area (Å²) in [7, 11) is 7.00. The molecule has 1 N–H and O–H groups in total. The number of nitrogens with one attached hydrogen (secondary N) is 1. The Morgan fingerprint density at radius 2 is 1.91 bits per heavy atom. The lowest BCUT2D eigenvalue weighted by Crippen LogP contribution is -2.51. The number of rotatable bonds is 8. The molecule has 2 aromatic rings. The van der Waals surface area contributed by atoms with Crippen molar-refractivity contribution in [2.24, 2.45) is 7.05 Å². The zero-order chi connectivity index (χ0) is 23.6. The highest BCUT2D eigenvalue weighted by atomic mass is 16.2. The van der Waals surface area contributed by atoms with E-state index in [1.807, 2.05) is 61.9 Å². The summed E-state index contributed by atoms with van der Waals surface area (Å²) in [6.07, 6.45) is 1.36. The van der Waals surface area contributed by atoms with E-state index in [0.717, 1.165) is 34.3 Å². The minimum atomic E-state index is -0.452. The Hall–Kier alpha value is -2.80. The lowest BCUT2D eigenvalue weighted by atomic mass is 9.62. The van der Waals surface area contributed by atoms with E-state index in [2.05, 4.69) is 30.6 Å². The van der Waals surface area contributed by atoms with Crippen LogP contribution in [0.5, 0.6) is 0 Å². The van der Waals surface area contributed by atoms with E-state index in [0.29, 0.717) is 21.1 Å². The molecule has 32 heavy (non-hydrogen) atoms. The minimum Gasteiger partial charge on any atom is -0.334 e. The summed E-state index contributed by atoms with van der Waals surface area (Å²) in [5, 5.41) is 7.92. The number of amides is 2. The van der Waals surface area contributed by atoms with Gasteiger partial charge in [0.2, 0.25) is 14.6 Å². The summed E-state index contributed by atoms with van der Waals surface area (Å²) in [5.41, 5.74) is 4.85. The van der Waals surface area contributed by atoms with Crippen LogP contribution in [0.4, 0.5) is 4.79 Å². The first kappa shape index (κ1) is 23.9. The average molecular weight is 433 g/mol. The summed E-state index contributed by atoms with van der Waals surface area (Å²) >= 11 is 0. The zero-order valence-electron chi connectivity index (χ0n) is 20.1. The molecule has 1 aromatic carbocycles. The lowest BCUT2D eigenvalue weighted by Gasteiger charge is -2.34. The molecule has 9 heteroatoms. The largest absolute Gasteiger partial charge is 0.334 e. The van der Waals surface area contributed by atoms with Crippen LogP contribution < -0.4 is 21.8 Å². The number of benzene rings is 1. The third kappa shape index (κ3) is 4.98. The van der Waals surface area contributed by atoms with Crippen LogP contribution in [0.2, 0.25) is 0 Å².